The van der Waals surface area contributed by atoms with E-state index in [0.717, 1.165) is 4.90 Å². The van der Waals surface area contributed by atoms with Crippen molar-refractivity contribution in [3.8, 4) is 0 Å². The maximum absolute atomic E-state index is 12.1. The van der Waals surface area contributed by atoms with Gasteiger partial charge in [0.15, 0.2) is 0 Å². The van der Waals surface area contributed by atoms with E-state index in [1.165, 1.54) is 24.3 Å². The Labute approximate surface area is 146 Å². The summed E-state index contributed by atoms with van der Waals surface area (Å²) in [7, 11) is 1.14. The number of hydrogen-bond acceptors (Lipinski definition) is 6. The highest BCUT2D eigenvalue weighted by atomic mass is 35.7. The number of hydrogen-bond donors (Lipinski definition) is 2. The number of aliphatic carboxylic acids is 2. The second-order valence-electron chi connectivity index (χ2n) is 5.29. The highest BCUT2D eigenvalue weighted by molar-refractivity contribution is 8.13. The van der Waals surface area contributed by atoms with Gasteiger partial charge in [-0.3, -0.25) is 14.5 Å². The van der Waals surface area contributed by atoms with E-state index in [1.54, 1.807) is 0 Å². The topological polar surface area (TPSA) is 146 Å². The summed E-state index contributed by atoms with van der Waals surface area (Å²) in [5, 5.41) is 18.0. The van der Waals surface area contributed by atoms with Crippen LogP contribution in [0.3, 0.4) is 0 Å². The molecule has 2 N–H and O–H groups in total. The molecule has 2 unspecified atom stereocenters. The van der Waals surface area contributed by atoms with Crippen LogP contribution < -0.4 is 4.90 Å². The van der Waals surface area contributed by atoms with Crippen molar-refractivity contribution in [3.05, 3.63) is 29.8 Å². The van der Waals surface area contributed by atoms with Gasteiger partial charge in [0.2, 0.25) is 14.8 Å². The van der Waals surface area contributed by atoms with Gasteiger partial charge in [-0.2, -0.15) is 0 Å². The summed E-state index contributed by atoms with van der Waals surface area (Å²) >= 11 is 0. The first kappa shape index (κ1) is 18.9. The molecule has 2 atom stereocenters. The molecular formula is C14H12ClNO8S. The summed E-state index contributed by atoms with van der Waals surface area (Å²) in [6, 6.07) is 4.42. The molecule has 2 rings (SSSR count). The van der Waals surface area contributed by atoms with Crippen LogP contribution in [0.25, 0.3) is 0 Å². The molecular weight excluding hydrogens is 378 g/mol. The standard InChI is InChI=1S/C14H12ClNO8S/c15-25(23,24)6-5-9-10(11(17)13(19)20)7-3-1-2-4-8(7)16(9)12(18)14(21)22/h1-4,9-10H,5-6H2,(H,19,20)(H,21,22). The number of fused-ring (bicyclic) bond motifs is 1. The number of para-hydroxylation sites is 1. The summed E-state index contributed by atoms with van der Waals surface area (Å²) in [4.78, 5) is 47.2. The molecule has 25 heavy (non-hydrogen) atoms. The minimum atomic E-state index is -4.01. The Morgan fingerprint density at radius 3 is 2.20 bits per heavy atom. The van der Waals surface area contributed by atoms with Gasteiger partial charge in [0.25, 0.3) is 0 Å². The molecule has 0 aromatic heterocycles. The fraction of sp³-hybridized carbons (Fsp3) is 0.286. The van der Waals surface area contributed by atoms with Crippen LogP contribution in [0.2, 0.25) is 0 Å². The van der Waals surface area contributed by atoms with E-state index in [9.17, 15) is 27.6 Å². The third kappa shape index (κ3) is 3.80. The molecule has 1 heterocycles. The number of halogens is 1. The Kier molecular flexibility index (Phi) is 5.14. The number of amides is 1. The molecule has 134 valence electrons. The van der Waals surface area contributed by atoms with Gasteiger partial charge in [-0.05, 0) is 18.1 Å². The number of rotatable bonds is 5. The zero-order chi connectivity index (χ0) is 18.9. The van der Waals surface area contributed by atoms with Crippen LogP contribution in [-0.4, -0.2) is 54.1 Å². The summed E-state index contributed by atoms with van der Waals surface area (Å²) in [6.45, 7) is 0. The Bertz CT molecular complexity index is 812. The van der Waals surface area contributed by atoms with Crippen LogP contribution in [0, 0.1) is 0 Å². The lowest BCUT2D eigenvalue weighted by Gasteiger charge is -2.26. The van der Waals surface area contributed by atoms with Crippen molar-refractivity contribution in [1.29, 1.82) is 0 Å². The number of anilines is 1. The smallest absolute Gasteiger partial charge is 0.394 e. The van der Waals surface area contributed by atoms with Crippen molar-refractivity contribution in [1.82, 2.24) is 0 Å². The predicted octanol–water partition coefficient (Wildman–Crippen LogP) is 0.182. The Hall–Kier alpha value is -2.46. The second kappa shape index (κ2) is 6.81. The minimum Gasteiger partial charge on any atom is -0.475 e. The van der Waals surface area contributed by atoms with Gasteiger partial charge in [-0.25, -0.2) is 18.0 Å². The van der Waals surface area contributed by atoms with Crippen LogP contribution in [0.1, 0.15) is 17.9 Å². The van der Waals surface area contributed by atoms with E-state index >= 15 is 0 Å². The fourth-order valence-electron chi connectivity index (χ4n) is 2.87. The number of benzene rings is 1. The number of carboxylic acids is 2. The zero-order valence-electron chi connectivity index (χ0n) is 12.5. The fourth-order valence-corrected chi connectivity index (χ4v) is 3.66. The van der Waals surface area contributed by atoms with Gasteiger partial charge in [0.1, 0.15) is 0 Å². The molecule has 0 fully saturated rings. The number of ketones is 1. The first-order valence-corrected chi connectivity index (χ1v) is 9.37. The van der Waals surface area contributed by atoms with E-state index < -0.39 is 56.8 Å². The Morgan fingerprint density at radius 2 is 1.68 bits per heavy atom. The second-order valence-corrected chi connectivity index (χ2v) is 8.18. The summed E-state index contributed by atoms with van der Waals surface area (Å²) < 4.78 is 22.5. The lowest BCUT2D eigenvalue weighted by atomic mass is 9.89. The molecule has 1 aromatic rings. The van der Waals surface area contributed by atoms with Crippen LogP contribution in [0.5, 0.6) is 0 Å². The van der Waals surface area contributed by atoms with Gasteiger partial charge < -0.3 is 10.2 Å². The van der Waals surface area contributed by atoms with E-state index in [-0.39, 0.29) is 11.3 Å². The van der Waals surface area contributed by atoms with E-state index in [1.807, 2.05) is 0 Å². The molecule has 0 aliphatic carbocycles. The quantitative estimate of drug-likeness (QED) is 0.535. The van der Waals surface area contributed by atoms with E-state index in [2.05, 4.69) is 0 Å². The van der Waals surface area contributed by atoms with Crippen LogP contribution >= 0.6 is 10.7 Å². The molecule has 1 aromatic carbocycles. The van der Waals surface area contributed by atoms with Crippen molar-refractivity contribution in [2.45, 2.75) is 18.4 Å². The Morgan fingerprint density at radius 1 is 1.08 bits per heavy atom. The molecule has 0 bridgehead atoms. The monoisotopic (exact) mass is 389 g/mol. The van der Waals surface area contributed by atoms with Crippen LogP contribution in [0.15, 0.2) is 24.3 Å². The van der Waals surface area contributed by atoms with Crippen molar-refractivity contribution in [2.24, 2.45) is 0 Å². The van der Waals surface area contributed by atoms with Crippen molar-refractivity contribution >= 4 is 49.0 Å². The molecule has 1 amide bonds. The third-order valence-electron chi connectivity index (χ3n) is 3.80. The van der Waals surface area contributed by atoms with Crippen molar-refractivity contribution < 1.29 is 37.8 Å². The normalized spacial score (nSPS) is 19.3. The number of carboxylic acid groups (broad SMARTS) is 2. The van der Waals surface area contributed by atoms with Crippen LogP contribution in [0.4, 0.5) is 5.69 Å². The van der Waals surface area contributed by atoms with Gasteiger partial charge in [0.05, 0.1) is 17.7 Å². The molecule has 0 spiro atoms. The maximum Gasteiger partial charge on any atom is 0.394 e. The largest absolute Gasteiger partial charge is 0.475 e. The Balaban J connectivity index is 2.58. The van der Waals surface area contributed by atoms with Gasteiger partial charge in [-0.1, -0.05) is 18.2 Å². The molecule has 0 saturated heterocycles. The van der Waals surface area contributed by atoms with Gasteiger partial charge >= 0.3 is 17.8 Å². The van der Waals surface area contributed by atoms with Gasteiger partial charge in [0, 0.05) is 16.4 Å². The summed E-state index contributed by atoms with van der Waals surface area (Å²) in [5.41, 5.74) is 0.188. The molecule has 0 saturated carbocycles. The maximum atomic E-state index is 12.1. The number of Topliss-reactive ketones (excluding diaryl/α,β-unsaturated/α-hetero) is 1. The highest BCUT2D eigenvalue weighted by Gasteiger charge is 2.48. The SMILES string of the molecule is O=C(O)C(=O)C1c2ccccc2N(C(=O)C(=O)O)C1CCS(=O)(=O)Cl. The first-order valence-electron chi connectivity index (χ1n) is 6.89. The molecule has 9 nitrogen and oxygen atoms in total. The van der Waals surface area contributed by atoms with E-state index in [4.69, 9.17) is 20.9 Å². The molecule has 11 heteroatoms. The van der Waals surface area contributed by atoms with E-state index in [0.29, 0.717) is 0 Å². The summed E-state index contributed by atoms with van der Waals surface area (Å²) in [6.07, 6.45) is -0.400. The lowest BCUT2D eigenvalue weighted by molar-refractivity contribution is -0.150. The molecule has 0 radical (unpaired) electrons. The lowest BCUT2D eigenvalue weighted by Crippen LogP contribution is -2.45. The average Bonchev–Trinajstić information content (AvgIpc) is 2.84. The van der Waals surface area contributed by atoms with Crippen LogP contribution in [-0.2, 0) is 28.2 Å². The average molecular weight is 390 g/mol. The number of carbonyl (C=O) groups is 4. The predicted molar refractivity (Wildman–Crippen MR) is 85.0 cm³/mol. The highest BCUT2D eigenvalue weighted by Crippen LogP contribution is 2.43. The van der Waals surface area contributed by atoms with Crippen molar-refractivity contribution in [3.63, 3.8) is 0 Å². The molecule has 1 aliphatic rings. The third-order valence-corrected chi connectivity index (χ3v) is 4.99. The minimum absolute atomic E-state index is 0.0477. The number of nitrogens with zero attached hydrogens (tertiary/aromatic N) is 1. The number of carbonyl (C=O) groups excluding carboxylic acids is 2. The first-order chi connectivity index (χ1) is 11.5. The zero-order valence-corrected chi connectivity index (χ0v) is 14.0. The van der Waals surface area contributed by atoms with Crippen molar-refractivity contribution in [2.75, 3.05) is 10.7 Å². The summed E-state index contributed by atoms with van der Waals surface area (Å²) in [5.74, 6) is -8.33. The van der Waals surface area contributed by atoms with Gasteiger partial charge in [-0.15, -0.1) is 0 Å². The molecule has 1 aliphatic heterocycles.